The molecular formula is C94H95N18+. The lowest BCUT2D eigenvalue weighted by Gasteiger charge is -2.13. The van der Waals surface area contributed by atoms with Crippen LogP contribution in [0.5, 0.6) is 0 Å². The van der Waals surface area contributed by atoms with Crippen molar-refractivity contribution >= 4 is 89.5 Å². The summed E-state index contributed by atoms with van der Waals surface area (Å²) in [6.07, 6.45) is 38.5. The van der Waals surface area contributed by atoms with Crippen molar-refractivity contribution in [2.45, 2.75) is 96.9 Å². The van der Waals surface area contributed by atoms with Crippen LogP contribution >= 0.6 is 0 Å². The molecule has 0 saturated heterocycles. The van der Waals surface area contributed by atoms with Gasteiger partial charge >= 0.3 is 0 Å². The zero-order valence-electron chi connectivity index (χ0n) is 66.7. The number of pyridine rings is 8. The number of rotatable bonds is 0. The fraction of sp³-hybridized carbons (Fsp3) is 0.181. The molecule has 0 bridgehead atoms. The summed E-state index contributed by atoms with van der Waals surface area (Å²) < 4.78 is 32.8. The van der Waals surface area contributed by atoms with Gasteiger partial charge in [-0.1, -0.05) is 42.5 Å². The smallest absolute Gasteiger partial charge is 0.231 e. The largest absolute Gasteiger partial charge is 0.347 e. The molecule has 0 aliphatic carbocycles. The highest BCUT2D eigenvalue weighted by Gasteiger charge is 2.32. The number of allylic oxidation sites excluding steroid dienone is 1. The third kappa shape index (κ3) is 12.4. The summed E-state index contributed by atoms with van der Waals surface area (Å²) in [5.41, 5.74) is 35.6. The van der Waals surface area contributed by atoms with Crippen molar-refractivity contribution in [1.29, 1.82) is 0 Å². The molecule has 2 aliphatic rings. The van der Waals surface area contributed by atoms with Gasteiger partial charge in [-0.2, -0.15) is 4.24 Å². The lowest BCUT2D eigenvalue weighted by Crippen LogP contribution is -2.36. The van der Waals surface area contributed by atoms with Gasteiger partial charge < -0.3 is 49.1 Å². The number of aryl methyl sites for hydroxylation is 14. The molecule has 24 rings (SSSR count). The number of aromatic nitrogens is 17. The van der Waals surface area contributed by atoms with E-state index in [4.69, 9.17) is 0 Å². The van der Waals surface area contributed by atoms with Crippen molar-refractivity contribution < 1.29 is 4.24 Å². The van der Waals surface area contributed by atoms with Crippen molar-refractivity contribution in [2.24, 2.45) is 13.0 Å². The quantitative estimate of drug-likeness (QED) is 0.141. The van der Waals surface area contributed by atoms with E-state index in [0.717, 1.165) is 22.9 Å². The number of hydrogen-bond donors (Lipinski definition) is 0. The average Bonchev–Trinajstić information content (AvgIpc) is 1.67. The van der Waals surface area contributed by atoms with Gasteiger partial charge in [-0.05, 0) is 252 Å². The molecule has 0 saturated carbocycles. The maximum atomic E-state index is 4.53. The van der Waals surface area contributed by atoms with Crippen LogP contribution in [0.2, 0.25) is 0 Å². The van der Waals surface area contributed by atoms with Crippen molar-refractivity contribution in [3.8, 4) is 0 Å². The molecule has 18 nitrogen and oxygen atoms in total. The molecule has 0 amide bonds. The lowest BCUT2D eigenvalue weighted by molar-refractivity contribution is -0.522. The van der Waals surface area contributed by atoms with Gasteiger partial charge in [-0.15, -0.1) is 0 Å². The highest BCUT2D eigenvalue weighted by atomic mass is 15.2. The Morgan fingerprint density at radius 1 is 0.330 bits per heavy atom. The monoisotopic (exact) mass is 1480 g/mol. The molecule has 0 spiro atoms. The number of imidazole rings is 8. The van der Waals surface area contributed by atoms with Crippen LogP contribution < -0.4 is 9.59 Å². The zero-order chi connectivity index (χ0) is 77.7. The van der Waals surface area contributed by atoms with Crippen LogP contribution in [0.4, 0.5) is 0 Å². The molecule has 1 unspecified atom stereocenters. The Balaban J connectivity index is 0.0000000929. The van der Waals surface area contributed by atoms with E-state index in [1.807, 2.05) is 50.5 Å². The Hall–Kier alpha value is -13.6. The van der Waals surface area contributed by atoms with Gasteiger partial charge in [0.2, 0.25) is 16.9 Å². The topological polar surface area (TPSA) is 97.2 Å². The first-order chi connectivity index (χ1) is 54.2. The Kier molecular flexibility index (Phi) is 18.1. The van der Waals surface area contributed by atoms with Crippen LogP contribution in [0.3, 0.4) is 0 Å². The van der Waals surface area contributed by atoms with Crippen molar-refractivity contribution in [3.63, 3.8) is 0 Å². The minimum Gasteiger partial charge on any atom is -0.347 e. The molecular weight excluding hydrogens is 1380 g/mol. The predicted octanol–water partition coefficient (Wildman–Crippen LogP) is 19.0. The molecule has 24 heterocycles. The molecule has 112 heavy (non-hydrogen) atoms. The second kappa shape index (κ2) is 28.4. The third-order valence-corrected chi connectivity index (χ3v) is 23.1. The minimum atomic E-state index is 0.474. The summed E-state index contributed by atoms with van der Waals surface area (Å²) in [7, 11) is 4.24. The Bertz CT molecular complexity index is 6720. The van der Waals surface area contributed by atoms with Crippen LogP contribution in [-0.4, -0.2) is 83.7 Å². The maximum Gasteiger partial charge on any atom is 0.231 e. The SMILES string of the molecule is CC1=CC2C=[n+]3ccccc3=C2N1C.Cc1cc2c(cc3ccccn32)n1C.Cc1cc2n(cc3ccccn32)c1C.Cc1cc2n(cc3ccccn32)c1C.Cc1cn2cc3ccccn3c2c1C.Cc1cn2cc3ccccn3c2c1C.Cc1nc2n(cc3ccccn32)c1C.Cc1nc2n(cc3ccccn32)c1C. The molecule has 0 N–H and O–H groups in total. The van der Waals surface area contributed by atoms with E-state index in [9.17, 15) is 0 Å². The van der Waals surface area contributed by atoms with E-state index >= 15 is 0 Å². The first-order valence-electron chi connectivity index (χ1n) is 38.3. The Morgan fingerprint density at radius 2 is 0.723 bits per heavy atom. The molecule has 1 atom stereocenters. The normalized spacial score (nSPS) is 13.0. The Labute approximate surface area is 649 Å². The van der Waals surface area contributed by atoms with Crippen molar-refractivity contribution in [2.75, 3.05) is 7.05 Å². The van der Waals surface area contributed by atoms with E-state index < -0.39 is 0 Å². The fourth-order valence-electron chi connectivity index (χ4n) is 16.0. The Morgan fingerprint density at radius 3 is 1.19 bits per heavy atom. The summed E-state index contributed by atoms with van der Waals surface area (Å²) in [5, 5.41) is 1.31. The highest BCUT2D eigenvalue weighted by molar-refractivity contribution is 5.86. The van der Waals surface area contributed by atoms with E-state index in [1.165, 1.54) is 151 Å². The van der Waals surface area contributed by atoms with E-state index in [1.54, 1.807) is 0 Å². The van der Waals surface area contributed by atoms with Crippen LogP contribution in [0, 0.1) is 102 Å². The average molecular weight is 1480 g/mol. The molecule has 2 aliphatic heterocycles. The van der Waals surface area contributed by atoms with Crippen LogP contribution in [0.1, 0.15) is 80.2 Å². The van der Waals surface area contributed by atoms with Gasteiger partial charge in [-0.25, -0.2) is 9.97 Å². The number of nitrogens with zero attached hydrogens (tertiary/aromatic N) is 18. The van der Waals surface area contributed by atoms with Crippen LogP contribution in [0.15, 0.2) is 281 Å². The van der Waals surface area contributed by atoms with E-state index in [-0.39, 0.29) is 0 Å². The van der Waals surface area contributed by atoms with Gasteiger partial charge in [0.15, 0.2) is 12.4 Å². The lowest BCUT2D eigenvalue weighted by atomic mass is 10.1. The number of hydrogen-bond acceptors (Lipinski definition) is 3. The molecule has 0 aromatic carbocycles. The molecule has 560 valence electrons. The van der Waals surface area contributed by atoms with E-state index in [0.29, 0.717) is 5.92 Å². The fourth-order valence-corrected chi connectivity index (χ4v) is 16.0. The summed E-state index contributed by atoms with van der Waals surface area (Å²) in [5.74, 6) is 2.47. The molecule has 22 aromatic heterocycles. The van der Waals surface area contributed by atoms with Gasteiger partial charge in [0.1, 0.15) is 34.2 Å². The van der Waals surface area contributed by atoms with Crippen molar-refractivity contribution in [3.05, 3.63) is 366 Å². The predicted molar refractivity (Wildman–Crippen MR) is 456 cm³/mol. The first kappa shape index (κ1) is 71.3. The highest BCUT2D eigenvalue weighted by Crippen LogP contribution is 2.31. The van der Waals surface area contributed by atoms with Gasteiger partial charge in [0, 0.05) is 159 Å². The first-order valence-corrected chi connectivity index (χ1v) is 38.3. The molecule has 22 aromatic rings. The van der Waals surface area contributed by atoms with Crippen molar-refractivity contribution in [1.82, 2.24) is 76.6 Å². The van der Waals surface area contributed by atoms with Crippen LogP contribution in [0.25, 0.3) is 89.5 Å². The summed E-state index contributed by atoms with van der Waals surface area (Å²) >= 11 is 0. The second-order valence-electron chi connectivity index (χ2n) is 29.9. The van der Waals surface area contributed by atoms with Gasteiger partial charge in [0.05, 0.1) is 55.5 Å². The zero-order valence-corrected chi connectivity index (χ0v) is 66.7. The van der Waals surface area contributed by atoms with Gasteiger partial charge in [0.25, 0.3) is 0 Å². The van der Waals surface area contributed by atoms with Crippen LogP contribution in [-0.2, 0) is 7.05 Å². The molecule has 0 fully saturated rings. The van der Waals surface area contributed by atoms with E-state index in [2.05, 4.69) is 423 Å². The minimum absolute atomic E-state index is 0.474. The maximum absolute atomic E-state index is 4.53. The summed E-state index contributed by atoms with van der Waals surface area (Å²) in [6.45, 7) is 29.8. The number of fused-ring (bicyclic) bond motifs is 23. The van der Waals surface area contributed by atoms with Gasteiger partial charge in [-0.3, -0.25) is 17.6 Å². The second-order valence-corrected chi connectivity index (χ2v) is 29.9. The molecule has 18 heteroatoms. The third-order valence-electron chi connectivity index (χ3n) is 23.1. The molecule has 0 radical (unpaired) electrons. The standard InChI is InChI=1S/C12H13N2.5C12H12N2.2C11H11N3/c1-9-7-10-8-14-6-4-3-5-11(14)12(10)13(9)2;1-9-7-12-11(13(9)2)8-10-5-3-4-6-14(10)12;2*1-9-7-13-8-11-5-3-4-6-14(11)12(13)10(9)2;2*1-9-7-12-13-6-4-3-5-11(13)8-14(12)10(9)2;2*1-8-9(2)14-7-10-5-3-4-6-13(10)11(14)12-8/h3-8,10H,1-2H3;5*3-8H,1-2H3;2*3-7H,1-2H3/q+1;;;;;;;. The summed E-state index contributed by atoms with van der Waals surface area (Å²) in [4.78, 5) is 11.3. The summed E-state index contributed by atoms with van der Waals surface area (Å²) in [6, 6.07) is 58.8.